The van der Waals surface area contributed by atoms with Crippen LogP contribution >= 0.6 is 11.6 Å². The van der Waals surface area contributed by atoms with E-state index in [0.29, 0.717) is 5.02 Å². The van der Waals surface area contributed by atoms with Crippen LogP contribution in [0, 0.1) is 6.92 Å². The highest BCUT2D eigenvalue weighted by Gasteiger charge is 2.08. The quantitative estimate of drug-likeness (QED) is 0.862. The Morgan fingerprint density at radius 1 is 1.48 bits per heavy atom. The van der Waals surface area contributed by atoms with Gasteiger partial charge in [-0.05, 0) is 31.5 Å². The molecular formula is C15H19ClN4O. The molecule has 0 aliphatic carbocycles. The van der Waals surface area contributed by atoms with E-state index in [-0.39, 0.29) is 18.5 Å². The van der Waals surface area contributed by atoms with Gasteiger partial charge in [-0.1, -0.05) is 17.7 Å². The number of benzene rings is 1. The number of halogens is 1. The van der Waals surface area contributed by atoms with Crippen molar-refractivity contribution >= 4 is 23.2 Å². The molecule has 112 valence electrons. The summed E-state index contributed by atoms with van der Waals surface area (Å²) in [5, 5.41) is 6.65. The third-order valence-electron chi connectivity index (χ3n) is 3.13. The molecule has 1 aromatic carbocycles. The standard InChI is InChI=1S/C15H19ClN4O/c1-11-3-4-13(16)7-14(11)19-15(21)8-18-12(2)9-20-6-5-17-10-20/h3-7,10,12,18H,8-9H2,1-2H3,(H,19,21). The first-order chi connectivity index (χ1) is 10.0. The van der Waals surface area contributed by atoms with Gasteiger partial charge in [0.1, 0.15) is 0 Å². The molecule has 1 heterocycles. The number of carbonyl (C=O) groups excluding carboxylic acids is 1. The SMILES string of the molecule is Cc1ccc(Cl)cc1NC(=O)CNC(C)Cn1ccnc1. The van der Waals surface area contributed by atoms with Crippen LogP contribution in [0.25, 0.3) is 0 Å². The zero-order chi connectivity index (χ0) is 15.2. The van der Waals surface area contributed by atoms with E-state index >= 15 is 0 Å². The van der Waals surface area contributed by atoms with E-state index in [1.54, 1.807) is 24.7 Å². The number of nitrogens with one attached hydrogen (secondary N) is 2. The smallest absolute Gasteiger partial charge is 0.238 e. The molecule has 2 N–H and O–H groups in total. The fraction of sp³-hybridized carbons (Fsp3) is 0.333. The fourth-order valence-electron chi connectivity index (χ4n) is 1.97. The molecule has 0 saturated heterocycles. The fourth-order valence-corrected chi connectivity index (χ4v) is 2.14. The van der Waals surface area contributed by atoms with Crippen LogP contribution in [0.5, 0.6) is 0 Å². The maximum absolute atomic E-state index is 11.9. The van der Waals surface area contributed by atoms with E-state index in [4.69, 9.17) is 11.6 Å². The lowest BCUT2D eigenvalue weighted by molar-refractivity contribution is -0.115. The Labute approximate surface area is 129 Å². The van der Waals surface area contributed by atoms with Crippen LogP contribution in [0.3, 0.4) is 0 Å². The molecule has 2 rings (SSSR count). The molecular weight excluding hydrogens is 288 g/mol. The van der Waals surface area contributed by atoms with Gasteiger partial charge in [0.2, 0.25) is 5.91 Å². The first kappa shape index (κ1) is 15.5. The van der Waals surface area contributed by atoms with Crippen LogP contribution in [0.2, 0.25) is 5.02 Å². The van der Waals surface area contributed by atoms with Crippen molar-refractivity contribution in [3.05, 3.63) is 47.5 Å². The molecule has 0 radical (unpaired) electrons. The first-order valence-corrected chi connectivity index (χ1v) is 7.17. The highest BCUT2D eigenvalue weighted by Crippen LogP contribution is 2.19. The first-order valence-electron chi connectivity index (χ1n) is 6.79. The van der Waals surface area contributed by atoms with Gasteiger partial charge in [-0.3, -0.25) is 4.79 Å². The van der Waals surface area contributed by atoms with E-state index in [1.807, 2.05) is 30.7 Å². The summed E-state index contributed by atoms with van der Waals surface area (Å²) in [5.74, 6) is -0.0853. The Balaban J connectivity index is 1.80. The molecule has 21 heavy (non-hydrogen) atoms. The summed E-state index contributed by atoms with van der Waals surface area (Å²) >= 11 is 5.93. The predicted molar refractivity (Wildman–Crippen MR) is 84.5 cm³/mol. The maximum atomic E-state index is 11.9. The van der Waals surface area contributed by atoms with Gasteiger partial charge in [-0.25, -0.2) is 4.98 Å². The highest BCUT2D eigenvalue weighted by molar-refractivity contribution is 6.31. The van der Waals surface area contributed by atoms with Gasteiger partial charge in [0.05, 0.1) is 12.9 Å². The lowest BCUT2D eigenvalue weighted by atomic mass is 10.2. The number of nitrogens with zero attached hydrogens (tertiary/aromatic N) is 2. The van der Waals surface area contributed by atoms with Crippen molar-refractivity contribution in [3.8, 4) is 0 Å². The summed E-state index contributed by atoms with van der Waals surface area (Å²) in [5.41, 5.74) is 1.73. The summed E-state index contributed by atoms with van der Waals surface area (Å²) in [6, 6.07) is 5.61. The maximum Gasteiger partial charge on any atom is 0.238 e. The van der Waals surface area contributed by atoms with Crippen molar-refractivity contribution in [3.63, 3.8) is 0 Å². The lowest BCUT2D eigenvalue weighted by Gasteiger charge is -2.15. The molecule has 0 fully saturated rings. The van der Waals surface area contributed by atoms with Gasteiger partial charge >= 0.3 is 0 Å². The number of aryl methyl sites for hydroxylation is 1. The van der Waals surface area contributed by atoms with Crippen LogP contribution in [-0.4, -0.2) is 28.0 Å². The second kappa shape index (κ2) is 7.24. The van der Waals surface area contributed by atoms with Crippen LogP contribution in [0.4, 0.5) is 5.69 Å². The Hall–Kier alpha value is -1.85. The average molecular weight is 307 g/mol. The molecule has 2 aromatic rings. The molecule has 0 spiro atoms. The number of amides is 1. The molecule has 1 unspecified atom stereocenters. The predicted octanol–water partition coefficient (Wildman–Crippen LogP) is 2.46. The number of aromatic nitrogens is 2. The molecule has 6 heteroatoms. The second-order valence-electron chi connectivity index (χ2n) is 5.05. The molecule has 1 amide bonds. The number of carbonyl (C=O) groups is 1. The third-order valence-corrected chi connectivity index (χ3v) is 3.36. The minimum absolute atomic E-state index is 0.0853. The molecule has 5 nitrogen and oxygen atoms in total. The number of hydrogen-bond donors (Lipinski definition) is 2. The lowest BCUT2D eigenvalue weighted by Crippen LogP contribution is -2.36. The van der Waals surface area contributed by atoms with Crippen molar-refractivity contribution < 1.29 is 4.79 Å². The van der Waals surface area contributed by atoms with E-state index < -0.39 is 0 Å². The van der Waals surface area contributed by atoms with E-state index in [2.05, 4.69) is 15.6 Å². The number of anilines is 1. The largest absolute Gasteiger partial charge is 0.336 e. The van der Waals surface area contributed by atoms with Crippen molar-refractivity contribution in [1.29, 1.82) is 0 Å². The topological polar surface area (TPSA) is 59.0 Å². The number of imidazole rings is 1. The van der Waals surface area contributed by atoms with Gasteiger partial charge in [0.15, 0.2) is 0 Å². The summed E-state index contributed by atoms with van der Waals surface area (Å²) in [6.07, 6.45) is 5.39. The number of rotatable bonds is 6. The summed E-state index contributed by atoms with van der Waals surface area (Å²) < 4.78 is 1.97. The van der Waals surface area contributed by atoms with Crippen molar-refractivity contribution in [1.82, 2.24) is 14.9 Å². The van der Waals surface area contributed by atoms with Gasteiger partial charge < -0.3 is 15.2 Å². The van der Waals surface area contributed by atoms with E-state index in [1.165, 1.54) is 0 Å². The number of hydrogen-bond acceptors (Lipinski definition) is 3. The summed E-state index contributed by atoms with van der Waals surface area (Å²) in [7, 11) is 0. The van der Waals surface area contributed by atoms with E-state index in [0.717, 1.165) is 17.8 Å². The van der Waals surface area contributed by atoms with Gasteiger partial charge in [-0.15, -0.1) is 0 Å². The summed E-state index contributed by atoms with van der Waals surface area (Å²) in [4.78, 5) is 15.9. The minimum atomic E-state index is -0.0853. The Bertz CT molecular complexity index is 598. The minimum Gasteiger partial charge on any atom is -0.336 e. The molecule has 0 aliphatic rings. The van der Waals surface area contributed by atoms with Gasteiger partial charge in [0, 0.05) is 35.7 Å². The Morgan fingerprint density at radius 3 is 3.00 bits per heavy atom. The third kappa shape index (κ3) is 4.88. The zero-order valence-corrected chi connectivity index (χ0v) is 12.9. The molecule has 1 atom stereocenters. The zero-order valence-electron chi connectivity index (χ0n) is 12.1. The Kier molecular flexibility index (Phi) is 5.36. The van der Waals surface area contributed by atoms with Gasteiger partial charge in [0.25, 0.3) is 0 Å². The van der Waals surface area contributed by atoms with E-state index in [9.17, 15) is 4.79 Å². The normalized spacial score (nSPS) is 12.1. The van der Waals surface area contributed by atoms with Crippen LogP contribution in [0.1, 0.15) is 12.5 Å². The van der Waals surface area contributed by atoms with Crippen molar-refractivity contribution in [2.75, 3.05) is 11.9 Å². The molecule has 0 bridgehead atoms. The van der Waals surface area contributed by atoms with Crippen molar-refractivity contribution in [2.24, 2.45) is 0 Å². The average Bonchev–Trinajstić information content (AvgIpc) is 2.93. The van der Waals surface area contributed by atoms with Gasteiger partial charge in [-0.2, -0.15) is 0 Å². The second-order valence-corrected chi connectivity index (χ2v) is 5.49. The molecule has 1 aromatic heterocycles. The monoisotopic (exact) mass is 306 g/mol. The molecule has 0 saturated carbocycles. The molecule has 0 aliphatic heterocycles. The van der Waals surface area contributed by atoms with Crippen LogP contribution in [-0.2, 0) is 11.3 Å². The highest BCUT2D eigenvalue weighted by atomic mass is 35.5. The van der Waals surface area contributed by atoms with Crippen LogP contribution in [0.15, 0.2) is 36.9 Å². The van der Waals surface area contributed by atoms with Crippen molar-refractivity contribution in [2.45, 2.75) is 26.4 Å². The Morgan fingerprint density at radius 2 is 2.29 bits per heavy atom. The summed E-state index contributed by atoms with van der Waals surface area (Å²) in [6.45, 7) is 4.98. The van der Waals surface area contributed by atoms with Crippen LogP contribution < -0.4 is 10.6 Å².